The highest BCUT2D eigenvalue weighted by molar-refractivity contribution is 9.10. The second-order valence-corrected chi connectivity index (χ2v) is 9.30. The van der Waals surface area contributed by atoms with Gasteiger partial charge in [0.2, 0.25) is 0 Å². The molecule has 0 aliphatic carbocycles. The van der Waals surface area contributed by atoms with Gasteiger partial charge in [-0.05, 0) is 41.3 Å². The van der Waals surface area contributed by atoms with Gasteiger partial charge in [-0.15, -0.1) is 11.3 Å². The Morgan fingerprint density at radius 1 is 1.11 bits per heavy atom. The van der Waals surface area contributed by atoms with E-state index < -0.39 is 11.5 Å². The summed E-state index contributed by atoms with van der Waals surface area (Å²) in [5.74, 6) is -0.735. The van der Waals surface area contributed by atoms with Crippen LogP contribution >= 0.6 is 43.2 Å². The Balaban J connectivity index is 1.74. The Hall–Kier alpha value is -1.80. The van der Waals surface area contributed by atoms with Crippen LogP contribution in [0, 0.1) is 0 Å². The van der Waals surface area contributed by atoms with Crippen molar-refractivity contribution in [2.45, 2.75) is 18.6 Å². The molecule has 1 unspecified atom stereocenters. The van der Waals surface area contributed by atoms with Crippen LogP contribution in [0.4, 0.5) is 5.69 Å². The van der Waals surface area contributed by atoms with Gasteiger partial charge in [-0.2, -0.15) is 0 Å². The van der Waals surface area contributed by atoms with Gasteiger partial charge in [0.1, 0.15) is 0 Å². The number of benzene rings is 2. The number of thiophene rings is 1. The van der Waals surface area contributed by atoms with E-state index in [0.717, 1.165) is 14.5 Å². The summed E-state index contributed by atoms with van der Waals surface area (Å²) in [5.41, 5.74) is 0.0920. The molecule has 0 saturated carbocycles. The van der Waals surface area contributed by atoms with Crippen molar-refractivity contribution < 1.29 is 14.7 Å². The number of hydrogen-bond donors (Lipinski definition) is 1. The van der Waals surface area contributed by atoms with Crippen molar-refractivity contribution in [2.75, 3.05) is 4.90 Å². The van der Waals surface area contributed by atoms with Crippen LogP contribution in [0.15, 0.2) is 68.9 Å². The highest BCUT2D eigenvalue weighted by atomic mass is 79.9. The number of halogens is 2. The van der Waals surface area contributed by atoms with Crippen molar-refractivity contribution in [3.63, 3.8) is 0 Å². The summed E-state index contributed by atoms with van der Waals surface area (Å²) < 4.78 is 1.62. The number of fused-ring (bicyclic) bond motifs is 1. The van der Waals surface area contributed by atoms with Gasteiger partial charge in [0.15, 0.2) is 11.4 Å². The lowest BCUT2D eigenvalue weighted by Crippen LogP contribution is -2.41. The standard InChI is InChI=1S/C21H15Br2NO3S/c22-14-7-8-17-15(10-14)21(27,11-18(25)19-6-3-9-28-19)20(26)24(17)12-13-4-1-2-5-16(13)23/h1-10,27H,11-12H2. The lowest BCUT2D eigenvalue weighted by Gasteiger charge is -2.23. The summed E-state index contributed by atoms with van der Waals surface area (Å²) in [6.07, 6.45) is -0.289. The molecular formula is C21H15Br2NO3S. The second kappa shape index (κ2) is 7.55. The third-order valence-electron chi connectivity index (χ3n) is 4.79. The fourth-order valence-corrected chi connectivity index (χ4v) is 4.84. The van der Waals surface area contributed by atoms with E-state index in [1.807, 2.05) is 30.3 Å². The van der Waals surface area contributed by atoms with Crippen LogP contribution in [0.25, 0.3) is 0 Å². The van der Waals surface area contributed by atoms with Crippen LogP contribution < -0.4 is 4.90 Å². The molecule has 142 valence electrons. The molecule has 7 heteroatoms. The lowest BCUT2D eigenvalue weighted by atomic mass is 9.89. The Morgan fingerprint density at radius 3 is 2.61 bits per heavy atom. The zero-order chi connectivity index (χ0) is 19.9. The Bertz CT molecular complexity index is 1070. The van der Waals surface area contributed by atoms with Crippen molar-refractivity contribution in [2.24, 2.45) is 0 Å². The number of rotatable bonds is 5. The molecule has 1 N–H and O–H groups in total. The molecule has 3 aromatic rings. The molecule has 0 bridgehead atoms. The average Bonchev–Trinajstić information content (AvgIpc) is 3.27. The summed E-state index contributed by atoms with van der Waals surface area (Å²) in [7, 11) is 0. The average molecular weight is 521 g/mol. The van der Waals surface area contributed by atoms with Crippen LogP contribution in [0.1, 0.15) is 27.2 Å². The predicted molar refractivity (Wildman–Crippen MR) is 117 cm³/mol. The molecular weight excluding hydrogens is 506 g/mol. The van der Waals surface area contributed by atoms with E-state index in [1.54, 1.807) is 34.5 Å². The number of anilines is 1. The Morgan fingerprint density at radius 2 is 1.89 bits per heavy atom. The number of ketones is 1. The van der Waals surface area contributed by atoms with Gasteiger partial charge in [-0.1, -0.05) is 56.1 Å². The van der Waals surface area contributed by atoms with Gasteiger partial charge in [0.05, 0.1) is 23.5 Å². The summed E-state index contributed by atoms with van der Waals surface area (Å²) in [5, 5.41) is 13.2. The number of hydrogen-bond acceptors (Lipinski definition) is 4. The van der Waals surface area contributed by atoms with Crippen LogP contribution in [0.2, 0.25) is 0 Å². The van der Waals surface area contributed by atoms with Gasteiger partial charge >= 0.3 is 0 Å². The summed E-state index contributed by atoms with van der Waals surface area (Å²) >= 11 is 8.22. The molecule has 1 amide bonds. The van der Waals surface area contributed by atoms with Crippen LogP contribution in [-0.2, 0) is 16.9 Å². The zero-order valence-electron chi connectivity index (χ0n) is 14.6. The summed E-state index contributed by atoms with van der Waals surface area (Å²) in [6, 6.07) is 16.5. The molecule has 4 rings (SSSR count). The first-order valence-electron chi connectivity index (χ1n) is 8.54. The number of carbonyl (C=O) groups excluding carboxylic acids is 2. The Labute approximate surface area is 183 Å². The monoisotopic (exact) mass is 519 g/mol. The molecule has 1 aromatic heterocycles. The van der Waals surface area contributed by atoms with E-state index in [4.69, 9.17) is 0 Å². The van der Waals surface area contributed by atoms with Crippen LogP contribution in [0.3, 0.4) is 0 Å². The maximum absolute atomic E-state index is 13.3. The lowest BCUT2D eigenvalue weighted by molar-refractivity contribution is -0.136. The van der Waals surface area contributed by atoms with Crippen molar-refractivity contribution in [1.29, 1.82) is 0 Å². The highest BCUT2D eigenvalue weighted by Gasteiger charge is 2.51. The number of carbonyl (C=O) groups is 2. The normalized spacial score (nSPS) is 18.4. The fourth-order valence-electron chi connectivity index (χ4n) is 3.40. The largest absolute Gasteiger partial charge is 0.375 e. The van der Waals surface area contributed by atoms with Gasteiger partial charge < -0.3 is 10.0 Å². The molecule has 1 atom stereocenters. The topological polar surface area (TPSA) is 57.6 Å². The quantitative estimate of drug-likeness (QED) is 0.465. The molecule has 0 saturated heterocycles. The molecule has 0 spiro atoms. The number of aliphatic hydroxyl groups is 1. The van der Waals surface area contributed by atoms with E-state index >= 15 is 0 Å². The van der Waals surface area contributed by atoms with E-state index in [2.05, 4.69) is 31.9 Å². The van der Waals surface area contributed by atoms with E-state index in [0.29, 0.717) is 22.7 Å². The highest BCUT2D eigenvalue weighted by Crippen LogP contribution is 2.45. The number of nitrogens with zero attached hydrogens (tertiary/aromatic N) is 1. The summed E-state index contributed by atoms with van der Waals surface area (Å²) in [6.45, 7) is 0.296. The fraction of sp³-hybridized carbons (Fsp3) is 0.143. The van der Waals surface area contributed by atoms with Crippen LogP contribution in [0.5, 0.6) is 0 Å². The smallest absolute Gasteiger partial charge is 0.264 e. The van der Waals surface area contributed by atoms with Gasteiger partial charge in [0, 0.05) is 14.5 Å². The zero-order valence-corrected chi connectivity index (χ0v) is 18.6. The minimum atomic E-state index is -1.89. The van der Waals surface area contributed by atoms with Crippen molar-refractivity contribution in [3.8, 4) is 0 Å². The Kier molecular flexibility index (Phi) is 5.26. The first kappa shape index (κ1) is 19.5. The minimum absolute atomic E-state index is 0.250. The maximum Gasteiger partial charge on any atom is 0.264 e. The molecule has 0 radical (unpaired) electrons. The maximum atomic E-state index is 13.3. The van der Waals surface area contributed by atoms with Crippen molar-refractivity contribution >= 4 is 60.6 Å². The second-order valence-electron chi connectivity index (χ2n) is 6.58. The summed E-state index contributed by atoms with van der Waals surface area (Å²) in [4.78, 5) is 28.1. The first-order valence-corrected chi connectivity index (χ1v) is 11.0. The molecule has 1 aliphatic rings. The molecule has 0 fully saturated rings. The number of amides is 1. The van der Waals surface area contributed by atoms with E-state index in [1.165, 1.54) is 11.3 Å². The van der Waals surface area contributed by atoms with E-state index in [9.17, 15) is 14.7 Å². The minimum Gasteiger partial charge on any atom is -0.375 e. The van der Waals surface area contributed by atoms with Gasteiger partial charge in [-0.3, -0.25) is 9.59 Å². The van der Waals surface area contributed by atoms with E-state index in [-0.39, 0.29) is 12.2 Å². The molecule has 2 aromatic carbocycles. The molecule has 1 aliphatic heterocycles. The third kappa shape index (κ3) is 3.37. The van der Waals surface area contributed by atoms with Crippen LogP contribution in [-0.4, -0.2) is 16.8 Å². The predicted octanol–water partition coefficient (Wildman–Crippen LogP) is 5.28. The van der Waals surface area contributed by atoms with Gasteiger partial charge in [0.25, 0.3) is 5.91 Å². The van der Waals surface area contributed by atoms with Gasteiger partial charge in [-0.25, -0.2) is 0 Å². The molecule has 2 heterocycles. The number of Topliss-reactive ketones (excluding diaryl/α,β-unsaturated/α-hetero) is 1. The molecule has 4 nitrogen and oxygen atoms in total. The van der Waals surface area contributed by atoms with Crippen molar-refractivity contribution in [3.05, 3.63) is 84.9 Å². The third-order valence-corrected chi connectivity index (χ3v) is 6.97. The molecule has 28 heavy (non-hydrogen) atoms. The first-order chi connectivity index (χ1) is 13.4. The van der Waals surface area contributed by atoms with Crippen molar-refractivity contribution in [1.82, 2.24) is 0 Å². The SMILES string of the molecule is O=C(CC1(O)C(=O)N(Cc2ccccc2Br)c2ccc(Br)cc21)c1cccs1.